The number of ether oxygens (including phenoxy) is 1. The summed E-state index contributed by atoms with van der Waals surface area (Å²) in [5.41, 5.74) is 6.92. The summed E-state index contributed by atoms with van der Waals surface area (Å²) in [5, 5.41) is 3.68. The molecule has 2 unspecified atom stereocenters. The van der Waals surface area contributed by atoms with Gasteiger partial charge in [-0.3, -0.25) is 0 Å². The van der Waals surface area contributed by atoms with Crippen LogP contribution in [0.5, 0.6) is 0 Å². The SMILES string of the molecule is C=C(C)C(=C=C(C)/C=C\CC)COC(C)CC(C)(C)CC(CC)NCCC. The molecular weight excluding hydrogens is 330 g/mol. The van der Waals surface area contributed by atoms with Crippen molar-refractivity contribution in [2.45, 2.75) is 99.6 Å². The highest BCUT2D eigenvalue weighted by atomic mass is 16.5. The monoisotopic (exact) mass is 375 g/mol. The molecule has 0 aliphatic rings. The minimum absolute atomic E-state index is 0.214. The fourth-order valence-electron chi connectivity index (χ4n) is 3.36. The third kappa shape index (κ3) is 12.8. The maximum Gasteiger partial charge on any atom is 0.0795 e. The Hall–Kier alpha value is -1.08. The maximum absolute atomic E-state index is 6.18. The normalized spacial score (nSPS) is 14.1. The molecule has 0 aliphatic heterocycles. The topological polar surface area (TPSA) is 21.3 Å². The zero-order chi connectivity index (χ0) is 20.9. The average molecular weight is 376 g/mol. The minimum Gasteiger partial charge on any atom is -0.373 e. The first kappa shape index (κ1) is 25.9. The van der Waals surface area contributed by atoms with Gasteiger partial charge in [0.05, 0.1) is 12.7 Å². The first-order chi connectivity index (χ1) is 12.6. The van der Waals surface area contributed by atoms with Crippen LogP contribution in [0.4, 0.5) is 0 Å². The molecule has 156 valence electrons. The predicted molar refractivity (Wildman–Crippen MR) is 121 cm³/mol. The van der Waals surface area contributed by atoms with Crippen LogP contribution in [-0.2, 0) is 4.74 Å². The van der Waals surface area contributed by atoms with E-state index < -0.39 is 0 Å². The van der Waals surface area contributed by atoms with Gasteiger partial charge in [-0.2, -0.15) is 0 Å². The molecule has 0 amide bonds. The van der Waals surface area contributed by atoms with Crippen molar-refractivity contribution in [1.29, 1.82) is 0 Å². The average Bonchev–Trinajstić information content (AvgIpc) is 2.59. The second-order valence-electron chi connectivity index (χ2n) is 8.63. The van der Waals surface area contributed by atoms with Crippen molar-refractivity contribution in [2.75, 3.05) is 13.2 Å². The summed E-state index contributed by atoms with van der Waals surface area (Å²) in [5.74, 6) is 0. The van der Waals surface area contributed by atoms with Gasteiger partial charge in [-0.15, -0.1) is 5.73 Å². The molecular formula is C25H45NO. The molecule has 0 rings (SSSR count). The minimum atomic E-state index is 0.214. The van der Waals surface area contributed by atoms with Gasteiger partial charge in [-0.05, 0) is 76.0 Å². The highest BCUT2D eigenvalue weighted by molar-refractivity contribution is 5.30. The quantitative estimate of drug-likeness (QED) is 0.261. The summed E-state index contributed by atoms with van der Waals surface area (Å²) in [6.07, 6.45) is 10.1. The molecule has 0 heterocycles. The van der Waals surface area contributed by atoms with Gasteiger partial charge >= 0.3 is 0 Å². The van der Waals surface area contributed by atoms with Gasteiger partial charge in [0.2, 0.25) is 0 Å². The van der Waals surface area contributed by atoms with Crippen LogP contribution < -0.4 is 5.32 Å². The highest BCUT2D eigenvalue weighted by Gasteiger charge is 2.25. The zero-order valence-electron chi connectivity index (χ0n) is 19.4. The number of hydrogen-bond acceptors (Lipinski definition) is 2. The molecule has 0 spiro atoms. The standard InChI is InChI=1S/C25H45NO/c1-10-13-14-21(6)16-23(20(4)5)19-27-22(7)17-25(8,9)18-24(12-3)26-15-11-2/h13-14,22,24,26H,4,10-12,15,17-19H2,1-3,5-9H3/b14-13-. The number of hydrogen-bond donors (Lipinski definition) is 1. The van der Waals surface area contributed by atoms with Gasteiger partial charge in [-0.1, -0.05) is 53.3 Å². The largest absolute Gasteiger partial charge is 0.373 e. The lowest BCUT2D eigenvalue weighted by molar-refractivity contribution is 0.0442. The number of nitrogens with one attached hydrogen (secondary N) is 1. The second kappa shape index (κ2) is 14.0. The Morgan fingerprint density at radius 2 is 1.85 bits per heavy atom. The summed E-state index contributed by atoms with van der Waals surface area (Å²) in [7, 11) is 0. The van der Waals surface area contributed by atoms with Crippen molar-refractivity contribution in [3.05, 3.63) is 41.2 Å². The molecule has 0 aromatic carbocycles. The van der Waals surface area contributed by atoms with E-state index in [4.69, 9.17) is 4.74 Å². The molecule has 2 heteroatoms. The van der Waals surface area contributed by atoms with Crippen LogP contribution in [0.15, 0.2) is 41.2 Å². The van der Waals surface area contributed by atoms with E-state index in [9.17, 15) is 0 Å². The lowest BCUT2D eigenvalue weighted by atomic mass is 9.80. The molecule has 2 nitrogen and oxygen atoms in total. The van der Waals surface area contributed by atoms with Gasteiger partial charge in [0.15, 0.2) is 0 Å². The van der Waals surface area contributed by atoms with E-state index in [1.807, 2.05) is 6.92 Å². The Morgan fingerprint density at radius 3 is 2.37 bits per heavy atom. The molecule has 0 saturated heterocycles. The van der Waals surface area contributed by atoms with E-state index in [-0.39, 0.29) is 11.5 Å². The van der Waals surface area contributed by atoms with Crippen LogP contribution in [0.2, 0.25) is 0 Å². The van der Waals surface area contributed by atoms with E-state index in [0.29, 0.717) is 12.6 Å². The molecule has 0 bridgehead atoms. The van der Waals surface area contributed by atoms with Crippen LogP contribution in [0.3, 0.4) is 0 Å². The summed E-state index contributed by atoms with van der Waals surface area (Å²) in [6, 6.07) is 0.592. The highest BCUT2D eigenvalue weighted by Crippen LogP contribution is 2.30. The van der Waals surface area contributed by atoms with E-state index in [1.165, 1.54) is 19.3 Å². The van der Waals surface area contributed by atoms with Crippen molar-refractivity contribution < 1.29 is 4.74 Å². The van der Waals surface area contributed by atoms with Gasteiger partial charge in [0.1, 0.15) is 0 Å². The van der Waals surface area contributed by atoms with Gasteiger partial charge in [0, 0.05) is 11.6 Å². The molecule has 2 atom stereocenters. The molecule has 0 aliphatic carbocycles. The van der Waals surface area contributed by atoms with Crippen LogP contribution in [0.1, 0.15) is 87.5 Å². The summed E-state index contributed by atoms with van der Waals surface area (Å²) in [4.78, 5) is 0. The molecule has 27 heavy (non-hydrogen) atoms. The van der Waals surface area contributed by atoms with Crippen LogP contribution in [0, 0.1) is 5.41 Å². The lowest BCUT2D eigenvalue weighted by Crippen LogP contribution is -2.35. The fraction of sp³-hybridized carbons (Fsp3) is 0.720. The van der Waals surface area contributed by atoms with Gasteiger partial charge in [-0.25, -0.2) is 0 Å². The molecule has 0 saturated carbocycles. The van der Waals surface area contributed by atoms with Crippen molar-refractivity contribution >= 4 is 0 Å². The fourth-order valence-corrected chi connectivity index (χ4v) is 3.36. The van der Waals surface area contributed by atoms with Crippen LogP contribution in [-0.4, -0.2) is 25.3 Å². The van der Waals surface area contributed by atoms with Crippen molar-refractivity contribution in [3.8, 4) is 0 Å². The second-order valence-corrected chi connectivity index (χ2v) is 8.63. The molecule has 0 fully saturated rings. The van der Waals surface area contributed by atoms with Crippen LogP contribution in [0.25, 0.3) is 0 Å². The Labute approximate surface area is 169 Å². The molecule has 0 aromatic heterocycles. The zero-order valence-corrected chi connectivity index (χ0v) is 19.4. The van der Waals surface area contributed by atoms with Gasteiger partial charge < -0.3 is 10.1 Å². The van der Waals surface area contributed by atoms with Crippen molar-refractivity contribution in [3.63, 3.8) is 0 Å². The third-order valence-corrected chi connectivity index (χ3v) is 4.79. The Morgan fingerprint density at radius 1 is 1.19 bits per heavy atom. The van der Waals surface area contributed by atoms with Crippen molar-refractivity contribution in [2.24, 2.45) is 5.41 Å². The summed E-state index contributed by atoms with van der Waals surface area (Å²) >= 11 is 0. The van der Waals surface area contributed by atoms with Crippen LogP contribution >= 0.6 is 0 Å². The van der Waals surface area contributed by atoms with Gasteiger partial charge in [0.25, 0.3) is 0 Å². The molecule has 0 radical (unpaired) electrons. The smallest absolute Gasteiger partial charge is 0.0795 e. The Bertz CT molecular complexity index is 520. The van der Waals surface area contributed by atoms with E-state index in [1.54, 1.807) is 0 Å². The summed E-state index contributed by atoms with van der Waals surface area (Å²) in [6.45, 7) is 23.4. The first-order valence-electron chi connectivity index (χ1n) is 10.8. The van der Waals surface area contributed by atoms with E-state index >= 15 is 0 Å². The Kier molecular flexibility index (Phi) is 13.4. The lowest BCUT2D eigenvalue weighted by Gasteiger charge is -2.32. The third-order valence-electron chi connectivity index (χ3n) is 4.79. The predicted octanol–water partition coefficient (Wildman–Crippen LogP) is 6.99. The van der Waals surface area contributed by atoms with E-state index in [2.05, 4.69) is 78.2 Å². The van der Waals surface area contributed by atoms with E-state index in [0.717, 1.165) is 36.1 Å². The van der Waals surface area contributed by atoms with Crippen molar-refractivity contribution in [1.82, 2.24) is 5.32 Å². The Balaban J connectivity index is 4.82. The first-order valence-corrected chi connectivity index (χ1v) is 10.8. The number of allylic oxidation sites excluding steroid dienone is 2. The molecule has 1 N–H and O–H groups in total. The number of rotatable bonds is 14. The molecule has 0 aromatic rings. The maximum atomic E-state index is 6.18. The summed E-state index contributed by atoms with van der Waals surface area (Å²) < 4.78 is 6.18.